The van der Waals surface area contributed by atoms with Crippen LogP contribution >= 0.6 is 11.6 Å². The monoisotopic (exact) mass is 500 g/mol. The maximum absolute atomic E-state index is 12.6. The van der Waals surface area contributed by atoms with E-state index in [2.05, 4.69) is 17.4 Å². The van der Waals surface area contributed by atoms with Crippen molar-refractivity contribution in [1.82, 2.24) is 5.32 Å². The normalized spacial score (nSPS) is 27.5. The third kappa shape index (κ3) is 4.99. The number of halogens is 1. The number of hydrogen-bond donors (Lipinski definition) is 1. The minimum atomic E-state index is -3.59. The molecular weight excluding hydrogens is 468 g/mol. The van der Waals surface area contributed by atoms with E-state index in [9.17, 15) is 13.2 Å². The van der Waals surface area contributed by atoms with Gasteiger partial charge in [0.15, 0.2) is 0 Å². The molecule has 0 saturated heterocycles. The summed E-state index contributed by atoms with van der Waals surface area (Å²) in [5.41, 5.74) is 3.22. The molecule has 0 spiro atoms. The fourth-order valence-electron chi connectivity index (χ4n) is 7.03. The number of nitrogens with zero attached hydrogens (tertiary/aromatic N) is 1. The van der Waals surface area contributed by atoms with Crippen molar-refractivity contribution in [1.29, 1.82) is 0 Å². The van der Waals surface area contributed by atoms with Gasteiger partial charge in [0.2, 0.25) is 15.9 Å². The number of nitrogens with one attached hydrogen (secondary N) is 1. The Morgan fingerprint density at radius 3 is 2.06 bits per heavy atom. The first-order valence-corrected chi connectivity index (χ1v) is 14.5. The highest BCUT2D eigenvalue weighted by molar-refractivity contribution is 7.92. The van der Waals surface area contributed by atoms with Crippen LogP contribution in [-0.4, -0.2) is 33.7 Å². The number of sulfonamides is 1. The Morgan fingerprint density at radius 1 is 0.971 bits per heavy atom. The van der Waals surface area contributed by atoms with Gasteiger partial charge in [-0.25, -0.2) is 8.42 Å². The molecule has 4 saturated carbocycles. The molecule has 5 nitrogen and oxygen atoms in total. The summed E-state index contributed by atoms with van der Waals surface area (Å²) < 4.78 is 26.3. The quantitative estimate of drug-likeness (QED) is 0.558. The highest BCUT2D eigenvalue weighted by Gasteiger charge is 2.51. The summed E-state index contributed by atoms with van der Waals surface area (Å²) in [6, 6.07) is 15.5. The number of carbonyl (C=O) groups excluding carboxylic acids is 1. The van der Waals surface area contributed by atoms with E-state index in [0.29, 0.717) is 23.7 Å². The lowest BCUT2D eigenvalue weighted by atomic mass is 9.48. The van der Waals surface area contributed by atoms with Crippen molar-refractivity contribution in [2.75, 3.05) is 23.7 Å². The smallest absolute Gasteiger partial charge is 0.240 e. The Morgan fingerprint density at radius 2 is 1.53 bits per heavy atom. The molecule has 182 valence electrons. The van der Waals surface area contributed by atoms with Crippen LogP contribution in [0.1, 0.15) is 49.7 Å². The fraction of sp³-hybridized carbons (Fsp3) is 0.519. The molecule has 4 bridgehead atoms. The average Bonchev–Trinajstić information content (AvgIpc) is 2.77. The van der Waals surface area contributed by atoms with Gasteiger partial charge >= 0.3 is 0 Å². The number of benzene rings is 2. The van der Waals surface area contributed by atoms with Gasteiger partial charge < -0.3 is 5.32 Å². The molecule has 6 rings (SSSR count). The van der Waals surface area contributed by atoms with Crippen molar-refractivity contribution in [3.63, 3.8) is 0 Å². The molecule has 7 heteroatoms. The highest BCUT2D eigenvalue weighted by atomic mass is 35.5. The van der Waals surface area contributed by atoms with Gasteiger partial charge in [-0.15, -0.1) is 0 Å². The molecule has 0 aromatic heterocycles. The third-order valence-electron chi connectivity index (χ3n) is 8.14. The van der Waals surface area contributed by atoms with Gasteiger partial charge in [0.25, 0.3) is 0 Å². The molecule has 0 atom stereocenters. The predicted octanol–water partition coefficient (Wildman–Crippen LogP) is 4.93. The first-order valence-electron chi connectivity index (χ1n) is 12.3. The van der Waals surface area contributed by atoms with Crippen LogP contribution in [0.3, 0.4) is 0 Å². The van der Waals surface area contributed by atoms with E-state index in [1.165, 1.54) is 48.4 Å². The Kier molecular flexibility index (Phi) is 6.40. The van der Waals surface area contributed by atoms with Gasteiger partial charge in [-0.2, -0.15) is 0 Å². The summed E-state index contributed by atoms with van der Waals surface area (Å²) in [6.07, 6.45) is 9.80. The lowest BCUT2D eigenvalue weighted by Crippen LogP contribution is -2.48. The van der Waals surface area contributed by atoms with E-state index >= 15 is 0 Å². The molecule has 0 unspecified atom stereocenters. The molecule has 1 amide bonds. The molecule has 2 aromatic rings. The molecular formula is C27H33ClN2O3S. The average molecular weight is 501 g/mol. The Labute approximate surface area is 207 Å². The van der Waals surface area contributed by atoms with Crippen LogP contribution in [-0.2, 0) is 26.7 Å². The Bertz CT molecular complexity index is 1110. The molecule has 2 aromatic carbocycles. The lowest BCUT2D eigenvalue weighted by molar-refractivity contribution is -0.119. The van der Waals surface area contributed by atoms with Crippen molar-refractivity contribution in [2.45, 2.75) is 50.4 Å². The zero-order valence-electron chi connectivity index (χ0n) is 19.7. The Balaban J connectivity index is 1.24. The van der Waals surface area contributed by atoms with Crippen molar-refractivity contribution < 1.29 is 13.2 Å². The minimum Gasteiger partial charge on any atom is -0.354 e. The molecule has 0 heterocycles. The number of hydrogen-bond acceptors (Lipinski definition) is 3. The van der Waals surface area contributed by atoms with Gasteiger partial charge in [0, 0.05) is 11.6 Å². The van der Waals surface area contributed by atoms with Crippen LogP contribution in [0.4, 0.5) is 5.69 Å². The third-order valence-corrected chi connectivity index (χ3v) is 9.54. The molecule has 0 aliphatic heterocycles. The van der Waals surface area contributed by atoms with Crippen molar-refractivity contribution in [3.05, 3.63) is 64.7 Å². The van der Waals surface area contributed by atoms with E-state index in [4.69, 9.17) is 11.6 Å². The second-order valence-corrected chi connectivity index (χ2v) is 13.1. The van der Waals surface area contributed by atoms with E-state index in [0.717, 1.165) is 29.6 Å². The summed E-state index contributed by atoms with van der Waals surface area (Å²) in [6.45, 7) is 0.208. The van der Waals surface area contributed by atoms with Gasteiger partial charge in [-0.1, -0.05) is 35.9 Å². The second-order valence-electron chi connectivity index (χ2n) is 10.7. The molecule has 4 aliphatic carbocycles. The summed E-state index contributed by atoms with van der Waals surface area (Å²) in [4.78, 5) is 12.6. The SMILES string of the molecule is CS(=O)(=O)N(CC(=O)NCCc1ccc(Cl)cc1)c1ccc(C23CC4CC(CC(C4)C2)C3)cc1. The van der Waals surface area contributed by atoms with Crippen LogP contribution in [0.2, 0.25) is 5.02 Å². The van der Waals surface area contributed by atoms with Gasteiger partial charge in [-0.3, -0.25) is 9.10 Å². The van der Waals surface area contributed by atoms with Gasteiger partial charge in [-0.05, 0) is 104 Å². The van der Waals surface area contributed by atoms with Crippen LogP contribution in [0.15, 0.2) is 48.5 Å². The number of rotatable bonds is 8. The van der Waals surface area contributed by atoms with E-state index in [-0.39, 0.29) is 17.9 Å². The molecule has 34 heavy (non-hydrogen) atoms. The summed E-state index contributed by atoms with van der Waals surface area (Å²) in [5, 5.41) is 3.51. The molecule has 1 N–H and O–H groups in total. The lowest BCUT2D eigenvalue weighted by Gasteiger charge is -2.57. The van der Waals surface area contributed by atoms with Crippen LogP contribution < -0.4 is 9.62 Å². The van der Waals surface area contributed by atoms with Crippen LogP contribution in [0.5, 0.6) is 0 Å². The molecule has 4 aliphatic rings. The first-order chi connectivity index (χ1) is 16.2. The minimum absolute atomic E-state index is 0.226. The van der Waals surface area contributed by atoms with E-state index in [1.807, 2.05) is 36.4 Å². The summed E-state index contributed by atoms with van der Waals surface area (Å²) in [7, 11) is -3.59. The summed E-state index contributed by atoms with van der Waals surface area (Å²) >= 11 is 5.91. The van der Waals surface area contributed by atoms with Gasteiger partial charge in [0.05, 0.1) is 11.9 Å². The zero-order chi connectivity index (χ0) is 23.9. The number of amides is 1. The van der Waals surface area contributed by atoms with E-state index in [1.54, 1.807) is 0 Å². The van der Waals surface area contributed by atoms with Crippen molar-refractivity contribution >= 4 is 33.2 Å². The molecule has 0 radical (unpaired) electrons. The first kappa shape index (κ1) is 23.7. The fourth-order valence-corrected chi connectivity index (χ4v) is 8.01. The van der Waals surface area contributed by atoms with Crippen molar-refractivity contribution in [3.8, 4) is 0 Å². The van der Waals surface area contributed by atoms with E-state index < -0.39 is 10.0 Å². The van der Waals surface area contributed by atoms with Crippen LogP contribution in [0, 0.1) is 17.8 Å². The van der Waals surface area contributed by atoms with Crippen LogP contribution in [0.25, 0.3) is 0 Å². The Hall–Kier alpha value is -2.05. The standard InChI is InChI=1S/C27H33ClN2O3S/c1-34(32,33)30(18-26(31)29-11-10-19-2-6-24(28)7-3-19)25-8-4-23(5-9-25)27-15-20-12-21(16-27)14-22(13-20)17-27/h2-9,20-22H,10-18H2,1H3,(H,29,31). The predicted molar refractivity (Wildman–Crippen MR) is 137 cm³/mol. The second kappa shape index (κ2) is 9.19. The largest absolute Gasteiger partial charge is 0.354 e. The van der Waals surface area contributed by atoms with Gasteiger partial charge in [0.1, 0.15) is 6.54 Å². The maximum atomic E-state index is 12.6. The zero-order valence-corrected chi connectivity index (χ0v) is 21.2. The topological polar surface area (TPSA) is 66.5 Å². The highest BCUT2D eigenvalue weighted by Crippen LogP contribution is 2.60. The summed E-state index contributed by atoms with van der Waals surface area (Å²) in [5.74, 6) is 2.25. The number of carbonyl (C=O) groups is 1. The van der Waals surface area contributed by atoms with Crippen molar-refractivity contribution in [2.24, 2.45) is 17.8 Å². The maximum Gasteiger partial charge on any atom is 0.240 e. The molecule has 4 fully saturated rings. The number of anilines is 1.